The monoisotopic (exact) mass is 261 g/mol. The maximum atomic E-state index is 12.1. The van der Waals surface area contributed by atoms with Gasteiger partial charge in [-0.1, -0.05) is 6.07 Å². The van der Waals surface area contributed by atoms with Crippen LogP contribution in [0.2, 0.25) is 0 Å². The topological polar surface area (TPSA) is 92.5 Å². The molecule has 0 aromatic heterocycles. The number of nitrogen functional groups attached to an aromatic ring is 1. The summed E-state index contributed by atoms with van der Waals surface area (Å²) in [6.07, 6.45) is 0.0964. The van der Waals surface area contributed by atoms with Gasteiger partial charge in [0.15, 0.2) is 0 Å². The summed E-state index contributed by atoms with van der Waals surface area (Å²) in [4.78, 5) is 36.6. The van der Waals surface area contributed by atoms with Crippen molar-refractivity contribution in [3.63, 3.8) is 0 Å². The molecule has 1 aliphatic rings. The summed E-state index contributed by atoms with van der Waals surface area (Å²) in [5, 5.41) is 2.62. The first-order chi connectivity index (χ1) is 9.06. The summed E-state index contributed by atoms with van der Waals surface area (Å²) in [5.74, 6) is -1.01. The van der Waals surface area contributed by atoms with E-state index in [1.54, 1.807) is 25.1 Å². The van der Waals surface area contributed by atoms with Crippen molar-refractivity contribution in [2.45, 2.75) is 13.3 Å². The molecule has 6 heteroatoms. The average molecular weight is 261 g/mol. The number of fused-ring (bicyclic) bond motifs is 1. The fraction of sp³-hybridized carbons (Fsp3) is 0.308. The molecule has 6 nitrogen and oxygen atoms in total. The first-order valence-corrected chi connectivity index (χ1v) is 6.07. The number of imide groups is 1. The van der Waals surface area contributed by atoms with Crippen LogP contribution >= 0.6 is 0 Å². The molecule has 0 atom stereocenters. The lowest BCUT2D eigenvalue weighted by atomic mass is 10.1. The summed E-state index contributed by atoms with van der Waals surface area (Å²) < 4.78 is 0. The number of amides is 3. The summed E-state index contributed by atoms with van der Waals surface area (Å²) in [6.45, 7) is 2.39. The molecule has 1 aliphatic heterocycles. The van der Waals surface area contributed by atoms with Crippen LogP contribution in [-0.4, -0.2) is 35.7 Å². The Hall–Kier alpha value is -2.37. The Balaban J connectivity index is 2.15. The highest BCUT2D eigenvalue weighted by atomic mass is 16.2. The number of hydrogen-bond donors (Lipinski definition) is 2. The van der Waals surface area contributed by atoms with E-state index in [9.17, 15) is 14.4 Å². The van der Waals surface area contributed by atoms with Crippen molar-refractivity contribution in [3.05, 3.63) is 29.3 Å². The van der Waals surface area contributed by atoms with Gasteiger partial charge >= 0.3 is 0 Å². The summed E-state index contributed by atoms with van der Waals surface area (Å²) in [5.41, 5.74) is 6.55. The Kier molecular flexibility index (Phi) is 3.50. The maximum Gasteiger partial charge on any atom is 0.263 e. The van der Waals surface area contributed by atoms with Gasteiger partial charge < -0.3 is 11.1 Å². The highest BCUT2D eigenvalue weighted by Crippen LogP contribution is 2.27. The minimum Gasteiger partial charge on any atom is -0.398 e. The van der Waals surface area contributed by atoms with Crippen LogP contribution in [-0.2, 0) is 4.79 Å². The molecule has 0 bridgehead atoms. The van der Waals surface area contributed by atoms with Crippen LogP contribution in [0.3, 0.4) is 0 Å². The Labute approximate surface area is 110 Å². The summed E-state index contributed by atoms with van der Waals surface area (Å²) >= 11 is 0. The van der Waals surface area contributed by atoms with E-state index in [0.29, 0.717) is 12.1 Å². The lowest BCUT2D eigenvalue weighted by Gasteiger charge is -2.13. The van der Waals surface area contributed by atoms with Crippen molar-refractivity contribution < 1.29 is 14.4 Å². The predicted octanol–water partition coefficient (Wildman–Crippen LogP) is 0.391. The van der Waals surface area contributed by atoms with E-state index in [1.807, 2.05) is 0 Å². The molecular weight excluding hydrogens is 246 g/mol. The average Bonchev–Trinajstić information content (AvgIpc) is 2.61. The van der Waals surface area contributed by atoms with Gasteiger partial charge in [-0.25, -0.2) is 0 Å². The van der Waals surface area contributed by atoms with E-state index in [2.05, 4.69) is 5.32 Å². The van der Waals surface area contributed by atoms with Crippen LogP contribution in [0.4, 0.5) is 5.69 Å². The summed E-state index contributed by atoms with van der Waals surface area (Å²) in [7, 11) is 0. The smallest absolute Gasteiger partial charge is 0.263 e. The lowest BCUT2D eigenvalue weighted by Crippen LogP contribution is -2.34. The Morgan fingerprint density at radius 3 is 2.68 bits per heavy atom. The second-order valence-corrected chi connectivity index (χ2v) is 4.24. The minimum atomic E-state index is -0.428. The van der Waals surface area contributed by atoms with Gasteiger partial charge in [0.25, 0.3) is 11.8 Å². The standard InChI is InChI=1S/C13H15N3O3/c1-2-15-10(17)6-7-16-12(18)8-4-3-5-9(14)11(8)13(16)19/h3-5H,2,6-7,14H2,1H3,(H,15,17). The van der Waals surface area contributed by atoms with Crippen LogP contribution in [0.15, 0.2) is 18.2 Å². The molecule has 2 rings (SSSR count). The van der Waals surface area contributed by atoms with Crippen molar-refractivity contribution in [2.75, 3.05) is 18.8 Å². The van der Waals surface area contributed by atoms with Gasteiger partial charge in [0.05, 0.1) is 11.1 Å². The first-order valence-electron chi connectivity index (χ1n) is 6.07. The van der Waals surface area contributed by atoms with Crippen molar-refractivity contribution in [1.82, 2.24) is 10.2 Å². The molecule has 0 saturated carbocycles. The SMILES string of the molecule is CCNC(=O)CCN1C(=O)c2cccc(N)c2C1=O. The second kappa shape index (κ2) is 5.09. The van der Waals surface area contributed by atoms with Crippen molar-refractivity contribution in [3.8, 4) is 0 Å². The largest absolute Gasteiger partial charge is 0.398 e. The molecule has 1 heterocycles. The van der Waals surface area contributed by atoms with E-state index in [1.165, 1.54) is 0 Å². The number of hydrogen-bond acceptors (Lipinski definition) is 4. The van der Waals surface area contributed by atoms with Gasteiger partial charge in [0.2, 0.25) is 5.91 Å². The normalized spacial score (nSPS) is 13.6. The molecule has 0 saturated heterocycles. The molecule has 100 valence electrons. The third kappa shape index (κ3) is 2.29. The van der Waals surface area contributed by atoms with E-state index in [4.69, 9.17) is 5.73 Å². The molecule has 1 aromatic carbocycles. The number of rotatable bonds is 4. The van der Waals surface area contributed by atoms with Gasteiger partial charge in [-0.15, -0.1) is 0 Å². The number of nitrogens with one attached hydrogen (secondary N) is 1. The van der Waals surface area contributed by atoms with Gasteiger partial charge in [-0.2, -0.15) is 0 Å². The van der Waals surface area contributed by atoms with E-state index >= 15 is 0 Å². The Morgan fingerprint density at radius 1 is 1.32 bits per heavy atom. The molecule has 3 N–H and O–H groups in total. The Bertz CT molecular complexity index is 554. The molecule has 0 radical (unpaired) electrons. The molecule has 0 aliphatic carbocycles. The molecular formula is C13H15N3O3. The minimum absolute atomic E-state index is 0.0671. The fourth-order valence-corrected chi connectivity index (χ4v) is 2.06. The third-order valence-electron chi connectivity index (χ3n) is 2.97. The van der Waals surface area contributed by atoms with Crippen molar-refractivity contribution in [1.29, 1.82) is 0 Å². The number of carbonyl (C=O) groups is 3. The number of anilines is 1. The quantitative estimate of drug-likeness (QED) is 0.605. The van der Waals surface area contributed by atoms with Crippen molar-refractivity contribution in [2.24, 2.45) is 0 Å². The number of nitrogens with two attached hydrogens (primary N) is 1. The maximum absolute atomic E-state index is 12.1. The fourth-order valence-electron chi connectivity index (χ4n) is 2.06. The molecule has 3 amide bonds. The molecule has 0 spiro atoms. The number of benzene rings is 1. The van der Waals surface area contributed by atoms with E-state index < -0.39 is 11.8 Å². The summed E-state index contributed by atoms with van der Waals surface area (Å²) in [6, 6.07) is 4.78. The van der Waals surface area contributed by atoms with Gasteiger partial charge in [-0.05, 0) is 19.1 Å². The molecule has 0 fully saturated rings. The predicted molar refractivity (Wildman–Crippen MR) is 69.5 cm³/mol. The van der Waals surface area contributed by atoms with Gasteiger partial charge in [-0.3, -0.25) is 19.3 Å². The highest BCUT2D eigenvalue weighted by molar-refractivity contribution is 6.23. The van der Waals surface area contributed by atoms with Crippen LogP contribution in [0.1, 0.15) is 34.1 Å². The van der Waals surface area contributed by atoms with Crippen LogP contribution in [0.25, 0.3) is 0 Å². The van der Waals surface area contributed by atoms with E-state index in [-0.39, 0.29) is 30.1 Å². The van der Waals surface area contributed by atoms with Gasteiger partial charge in [0, 0.05) is 25.2 Å². The Morgan fingerprint density at radius 2 is 2.05 bits per heavy atom. The number of nitrogens with zero attached hydrogens (tertiary/aromatic N) is 1. The van der Waals surface area contributed by atoms with E-state index in [0.717, 1.165) is 4.90 Å². The van der Waals surface area contributed by atoms with Gasteiger partial charge in [0.1, 0.15) is 0 Å². The third-order valence-corrected chi connectivity index (χ3v) is 2.97. The molecule has 1 aromatic rings. The first kappa shape index (κ1) is 13.1. The van der Waals surface area contributed by atoms with Crippen LogP contribution in [0.5, 0.6) is 0 Å². The number of carbonyl (C=O) groups excluding carboxylic acids is 3. The lowest BCUT2D eigenvalue weighted by molar-refractivity contribution is -0.121. The second-order valence-electron chi connectivity index (χ2n) is 4.24. The zero-order valence-corrected chi connectivity index (χ0v) is 10.6. The zero-order chi connectivity index (χ0) is 14.0. The van der Waals surface area contributed by atoms with Crippen LogP contribution < -0.4 is 11.1 Å². The molecule has 0 unspecified atom stereocenters. The zero-order valence-electron chi connectivity index (χ0n) is 10.6. The molecule has 19 heavy (non-hydrogen) atoms. The highest BCUT2D eigenvalue weighted by Gasteiger charge is 2.36. The van der Waals surface area contributed by atoms with Crippen molar-refractivity contribution >= 4 is 23.4 Å². The van der Waals surface area contributed by atoms with Crippen LogP contribution in [0, 0.1) is 0 Å².